The average molecular weight is 378 g/mol. The van der Waals surface area contributed by atoms with Crippen LogP contribution in [0.5, 0.6) is 0 Å². The van der Waals surface area contributed by atoms with E-state index in [9.17, 15) is 19.2 Å². The number of carboxylic acid groups (broad SMARTS) is 2. The number of carboxylic acids is 2. The van der Waals surface area contributed by atoms with Gasteiger partial charge in [-0.05, 0) is 49.0 Å². The van der Waals surface area contributed by atoms with Gasteiger partial charge in [0.05, 0.1) is 0 Å². The highest BCUT2D eigenvalue weighted by Gasteiger charge is 2.42. The van der Waals surface area contributed by atoms with Crippen molar-refractivity contribution in [1.29, 1.82) is 0 Å². The van der Waals surface area contributed by atoms with Crippen LogP contribution >= 0.6 is 23.5 Å². The maximum Gasteiger partial charge on any atom is 0.331 e. The second-order valence-corrected chi connectivity index (χ2v) is 7.07. The summed E-state index contributed by atoms with van der Waals surface area (Å²) in [6.07, 6.45) is 4.60. The number of hydrogen-bond donors (Lipinski definition) is 4. The highest BCUT2D eigenvalue weighted by molar-refractivity contribution is 7.98. The Morgan fingerprint density at radius 1 is 0.833 bits per heavy atom. The van der Waals surface area contributed by atoms with Gasteiger partial charge in [-0.1, -0.05) is 0 Å². The summed E-state index contributed by atoms with van der Waals surface area (Å²) in [6.45, 7) is 0. The maximum atomic E-state index is 12.1. The SMILES string of the molecule is CSCCC(N)(C(=O)O)C(=O)/C=C\C(=O)C(N)(CCSC)C(=O)O. The molecule has 24 heavy (non-hydrogen) atoms. The molecule has 0 bridgehead atoms. The van der Waals surface area contributed by atoms with Crippen LogP contribution in [0.25, 0.3) is 0 Å². The summed E-state index contributed by atoms with van der Waals surface area (Å²) in [5.41, 5.74) is 6.93. The van der Waals surface area contributed by atoms with Crippen LogP contribution in [0.15, 0.2) is 12.2 Å². The largest absolute Gasteiger partial charge is 0.480 e. The third-order valence-corrected chi connectivity index (χ3v) is 4.65. The molecule has 0 spiro atoms. The van der Waals surface area contributed by atoms with E-state index in [0.717, 1.165) is 0 Å². The van der Waals surface area contributed by atoms with E-state index >= 15 is 0 Å². The van der Waals surface area contributed by atoms with Gasteiger partial charge in [0.15, 0.2) is 22.6 Å². The number of thioether (sulfide) groups is 2. The lowest BCUT2D eigenvalue weighted by molar-refractivity contribution is -0.149. The second kappa shape index (κ2) is 9.82. The Hall–Kier alpha value is -1.36. The molecule has 0 aromatic heterocycles. The molecule has 10 heteroatoms. The van der Waals surface area contributed by atoms with E-state index in [1.54, 1.807) is 12.5 Å². The summed E-state index contributed by atoms with van der Waals surface area (Å²) in [6, 6.07) is 0. The van der Waals surface area contributed by atoms with Crippen LogP contribution in [0, 0.1) is 0 Å². The maximum absolute atomic E-state index is 12.1. The lowest BCUT2D eigenvalue weighted by Gasteiger charge is -2.22. The van der Waals surface area contributed by atoms with Crippen molar-refractivity contribution in [1.82, 2.24) is 0 Å². The van der Waals surface area contributed by atoms with Gasteiger partial charge in [-0.15, -0.1) is 0 Å². The van der Waals surface area contributed by atoms with Gasteiger partial charge in [0.2, 0.25) is 0 Å². The predicted octanol–water partition coefficient (Wildman–Crippen LogP) is -0.249. The summed E-state index contributed by atoms with van der Waals surface area (Å²) in [5, 5.41) is 18.3. The summed E-state index contributed by atoms with van der Waals surface area (Å²) >= 11 is 2.64. The van der Waals surface area contributed by atoms with Crippen LogP contribution in [-0.2, 0) is 19.2 Å². The molecular weight excluding hydrogens is 356 g/mol. The first kappa shape index (κ1) is 22.6. The molecule has 0 saturated carbocycles. The highest BCUT2D eigenvalue weighted by atomic mass is 32.2. The van der Waals surface area contributed by atoms with Gasteiger partial charge in [0.1, 0.15) is 0 Å². The van der Waals surface area contributed by atoms with Gasteiger partial charge in [-0.3, -0.25) is 9.59 Å². The normalized spacial score (nSPS) is 16.3. The molecule has 0 aliphatic carbocycles. The monoisotopic (exact) mass is 378 g/mol. The molecule has 0 aromatic rings. The molecule has 0 saturated heterocycles. The minimum Gasteiger partial charge on any atom is -0.480 e. The Kier molecular flexibility index (Phi) is 9.26. The van der Waals surface area contributed by atoms with Gasteiger partial charge in [0, 0.05) is 0 Å². The summed E-state index contributed by atoms with van der Waals surface area (Å²) in [7, 11) is 0. The lowest BCUT2D eigenvalue weighted by Crippen LogP contribution is -2.56. The Labute approximate surface area is 148 Å². The number of carbonyl (C=O) groups is 4. The van der Waals surface area contributed by atoms with Crippen molar-refractivity contribution in [3.63, 3.8) is 0 Å². The first-order chi connectivity index (χ1) is 11.1. The number of ketones is 2. The minimum atomic E-state index is -2.17. The van der Waals surface area contributed by atoms with E-state index in [-0.39, 0.29) is 12.8 Å². The number of carbonyl (C=O) groups excluding carboxylic acids is 2. The summed E-state index contributed by atoms with van der Waals surface area (Å²) < 4.78 is 0. The third kappa shape index (κ3) is 5.62. The Morgan fingerprint density at radius 2 is 1.12 bits per heavy atom. The van der Waals surface area contributed by atoms with Crippen LogP contribution in [0.1, 0.15) is 12.8 Å². The Balaban J connectivity index is 5.32. The molecule has 0 heterocycles. The van der Waals surface area contributed by atoms with E-state index in [1.165, 1.54) is 23.5 Å². The van der Waals surface area contributed by atoms with Gasteiger partial charge < -0.3 is 21.7 Å². The van der Waals surface area contributed by atoms with Crippen LogP contribution in [0.4, 0.5) is 0 Å². The van der Waals surface area contributed by atoms with Gasteiger partial charge in [0.25, 0.3) is 0 Å². The molecule has 0 aromatic carbocycles. The molecule has 0 radical (unpaired) electrons. The van der Waals surface area contributed by atoms with Crippen molar-refractivity contribution in [3.05, 3.63) is 12.2 Å². The first-order valence-corrected chi connectivity index (χ1v) is 9.64. The molecule has 136 valence electrons. The minimum absolute atomic E-state index is 0.125. The van der Waals surface area contributed by atoms with Crippen molar-refractivity contribution < 1.29 is 29.4 Å². The predicted molar refractivity (Wildman–Crippen MR) is 94.3 cm³/mol. The fraction of sp³-hybridized carbons (Fsp3) is 0.571. The van der Waals surface area contributed by atoms with Crippen LogP contribution in [-0.4, -0.2) is 68.8 Å². The van der Waals surface area contributed by atoms with Crippen LogP contribution < -0.4 is 11.5 Å². The summed E-state index contributed by atoms with van der Waals surface area (Å²) in [4.78, 5) is 46.7. The second-order valence-electron chi connectivity index (χ2n) is 5.10. The number of hydrogen-bond acceptors (Lipinski definition) is 8. The number of rotatable bonds is 12. The molecule has 6 N–H and O–H groups in total. The van der Waals surface area contributed by atoms with E-state index in [4.69, 9.17) is 21.7 Å². The standard InChI is InChI=1S/C14H22N2O6S2/c1-23-7-5-13(15,11(19)20)9(17)3-4-10(18)14(16,12(21)22)6-8-24-2/h3-4H,5-8,15-16H2,1-2H3,(H,19,20)(H,21,22)/b4-3-. The molecule has 2 unspecified atom stereocenters. The van der Waals surface area contributed by atoms with Crippen LogP contribution in [0.2, 0.25) is 0 Å². The smallest absolute Gasteiger partial charge is 0.331 e. The first-order valence-electron chi connectivity index (χ1n) is 6.85. The number of aliphatic carboxylic acids is 2. The fourth-order valence-electron chi connectivity index (χ4n) is 1.65. The van der Waals surface area contributed by atoms with Crippen molar-refractivity contribution in [2.45, 2.75) is 23.9 Å². The fourth-order valence-corrected chi connectivity index (χ4v) is 2.70. The molecular formula is C14H22N2O6S2. The highest BCUT2D eigenvalue weighted by Crippen LogP contribution is 2.16. The Bertz CT molecular complexity index is 493. The van der Waals surface area contributed by atoms with Gasteiger partial charge >= 0.3 is 11.9 Å². The van der Waals surface area contributed by atoms with Crippen molar-refractivity contribution in [3.8, 4) is 0 Å². The summed E-state index contributed by atoms with van der Waals surface area (Å²) in [5.74, 6) is -4.35. The van der Waals surface area contributed by atoms with Crippen molar-refractivity contribution in [2.75, 3.05) is 24.0 Å². The van der Waals surface area contributed by atoms with Crippen molar-refractivity contribution >= 4 is 47.0 Å². The molecule has 0 rings (SSSR count). The van der Waals surface area contributed by atoms with E-state index in [2.05, 4.69) is 0 Å². The van der Waals surface area contributed by atoms with E-state index in [0.29, 0.717) is 23.7 Å². The zero-order valence-corrected chi connectivity index (χ0v) is 15.1. The zero-order valence-electron chi connectivity index (χ0n) is 13.5. The zero-order chi connectivity index (χ0) is 19.0. The van der Waals surface area contributed by atoms with Crippen LogP contribution in [0.3, 0.4) is 0 Å². The third-order valence-electron chi connectivity index (χ3n) is 3.43. The molecule has 2 atom stereocenters. The molecule has 8 nitrogen and oxygen atoms in total. The van der Waals surface area contributed by atoms with E-state index in [1.807, 2.05) is 0 Å². The van der Waals surface area contributed by atoms with E-state index < -0.39 is 34.6 Å². The molecule has 0 fully saturated rings. The molecule has 0 aliphatic rings. The Morgan fingerprint density at radius 3 is 1.33 bits per heavy atom. The topological polar surface area (TPSA) is 161 Å². The average Bonchev–Trinajstić information content (AvgIpc) is 2.54. The van der Waals surface area contributed by atoms with Gasteiger partial charge in [-0.25, -0.2) is 9.59 Å². The lowest BCUT2D eigenvalue weighted by atomic mass is 9.89. The molecule has 0 amide bonds. The number of nitrogens with two attached hydrogens (primary N) is 2. The molecule has 0 aliphatic heterocycles. The van der Waals surface area contributed by atoms with Gasteiger partial charge in [-0.2, -0.15) is 23.5 Å². The van der Waals surface area contributed by atoms with Crippen molar-refractivity contribution in [2.24, 2.45) is 11.5 Å². The quantitative estimate of drug-likeness (QED) is 0.263.